The SMILES string of the molecule is COc1cc(/C=C/C(=O)NNC(N)=S)cc(Br)c1OCc1ccccc1F. The fourth-order valence-corrected chi connectivity index (χ4v) is 2.70. The van der Waals surface area contributed by atoms with Crippen LogP contribution in [0.5, 0.6) is 11.5 Å². The Morgan fingerprint density at radius 1 is 1.33 bits per heavy atom. The monoisotopic (exact) mass is 453 g/mol. The van der Waals surface area contributed by atoms with Crippen molar-refractivity contribution in [3.63, 3.8) is 0 Å². The van der Waals surface area contributed by atoms with Crippen LogP contribution in [-0.4, -0.2) is 18.1 Å². The van der Waals surface area contributed by atoms with Crippen molar-refractivity contribution in [2.75, 3.05) is 7.11 Å². The minimum atomic E-state index is -0.433. The third-order valence-electron chi connectivity index (χ3n) is 3.32. The molecule has 0 radical (unpaired) electrons. The van der Waals surface area contributed by atoms with Gasteiger partial charge in [0.1, 0.15) is 12.4 Å². The van der Waals surface area contributed by atoms with Gasteiger partial charge in [-0.05, 0) is 58.0 Å². The van der Waals surface area contributed by atoms with E-state index in [-0.39, 0.29) is 17.5 Å². The second-order valence-electron chi connectivity index (χ2n) is 5.23. The number of benzene rings is 2. The molecule has 1 amide bonds. The third kappa shape index (κ3) is 6.22. The Morgan fingerprint density at radius 2 is 2.07 bits per heavy atom. The summed E-state index contributed by atoms with van der Waals surface area (Å²) in [6.45, 7) is 0.0455. The molecule has 0 heterocycles. The maximum atomic E-state index is 13.7. The first kappa shape index (κ1) is 20.7. The van der Waals surface area contributed by atoms with E-state index in [4.69, 9.17) is 15.2 Å². The van der Waals surface area contributed by atoms with Crippen LogP contribution in [0.2, 0.25) is 0 Å². The van der Waals surface area contributed by atoms with E-state index in [1.807, 2.05) is 0 Å². The zero-order valence-electron chi connectivity index (χ0n) is 14.3. The van der Waals surface area contributed by atoms with Crippen LogP contribution in [0.3, 0.4) is 0 Å². The third-order valence-corrected chi connectivity index (χ3v) is 4.01. The zero-order valence-corrected chi connectivity index (χ0v) is 16.7. The molecule has 0 aliphatic heterocycles. The average Bonchev–Trinajstić information content (AvgIpc) is 2.64. The molecule has 0 saturated carbocycles. The van der Waals surface area contributed by atoms with Gasteiger partial charge in [-0.15, -0.1) is 0 Å². The summed E-state index contributed by atoms with van der Waals surface area (Å²) < 4.78 is 25.4. The lowest BCUT2D eigenvalue weighted by molar-refractivity contribution is -0.116. The highest BCUT2D eigenvalue weighted by Crippen LogP contribution is 2.37. The summed E-state index contributed by atoms with van der Waals surface area (Å²) in [4.78, 5) is 11.6. The number of rotatable bonds is 6. The zero-order chi connectivity index (χ0) is 19.8. The molecular weight excluding hydrogens is 437 g/mol. The molecule has 0 unspecified atom stereocenters. The average molecular weight is 454 g/mol. The largest absolute Gasteiger partial charge is 0.493 e. The molecule has 9 heteroatoms. The second-order valence-corrected chi connectivity index (χ2v) is 6.52. The van der Waals surface area contributed by atoms with E-state index in [2.05, 4.69) is 39.0 Å². The molecule has 2 aromatic rings. The molecule has 2 rings (SSSR count). The molecule has 0 fully saturated rings. The number of halogens is 2. The van der Waals surface area contributed by atoms with E-state index < -0.39 is 5.91 Å². The van der Waals surface area contributed by atoms with Crippen molar-refractivity contribution in [1.82, 2.24) is 10.9 Å². The molecule has 0 spiro atoms. The summed E-state index contributed by atoms with van der Waals surface area (Å²) in [7, 11) is 1.49. The Morgan fingerprint density at radius 3 is 2.74 bits per heavy atom. The molecule has 0 bridgehead atoms. The van der Waals surface area contributed by atoms with Gasteiger partial charge in [-0.25, -0.2) is 4.39 Å². The van der Waals surface area contributed by atoms with Gasteiger partial charge in [0.15, 0.2) is 16.6 Å². The highest BCUT2D eigenvalue weighted by atomic mass is 79.9. The van der Waals surface area contributed by atoms with E-state index in [9.17, 15) is 9.18 Å². The maximum absolute atomic E-state index is 13.7. The number of thiocarbonyl (C=S) groups is 1. The summed E-state index contributed by atoms with van der Waals surface area (Å²) >= 11 is 8.00. The Kier molecular flexibility index (Phi) is 7.56. The molecular formula is C18H17BrFN3O3S. The molecule has 4 N–H and O–H groups in total. The number of amides is 1. The maximum Gasteiger partial charge on any atom is 0.262 e. The van der Waals surface area contributed by atoms with Crippen molar-refractivity contribution in [1.29, 1.82) is 0 Å². The van der Waals surface area contributed by atoms with E-state index in [0.717, 1.165) is 0 Å². The van der Waals surface area contributed by atoms with Crippen LogP contribution in [0, 0.1) is 5.82 Å². The van der Waals surface area contributed by atoms with E-state index in [0.29, 0.717) is 27.1 Å². The molecule has 0 aromatic heterocycles. The molecule has 0 aliphatic carbocycles. The van der Waals surface area contributed by atoms with Crippen LogP contribution in [0.25, 0.3) is 6.08 Å². The van der Waals surface area contributed by atoms with Crippen LogP contribution in [-0.2, 0) is 11.4 Å². The predicted octanol–water partition coefficient (Wildman–Crippen LogP) is 3.05. The van der Waals surface area contributed by atoms with Crippen LogP contribution in [0.4, 0.5) is 4.39 Å². The predicted molar refractivity (Wildman–Crippen MR) is 109 cm³/mol. The van der Waals surface area contributed by atoms with Gasteiger partial charge in [-0.2, -0.15) is 0 Å². The van der Waals surface area contributed by atoms with Crippen molar-refractivity contribution >= 4 is 45.2 Å². The first-order valence-corrected chi connectivity index (χ1v) is 8.88. The molecule has 6 nitrogen and oxygen atoms in total. The number of hydrogen-bond acceptors (Lipinski definition) is 4. The van der Waals surface area contributed by atoms with Gasteiger partial charge in [0, 0.05) is 11.6 Å². The van der Waals surface area contributed by atoms with Gasteiger partial charge in [0.25, 0.3) is 5.91 Å². The van der Waals surface area contributed by atoms with Crippen molar-refractivity contribution in [3.05, 3.63) is 63.9 Å². The van der Waals surface area contributed by atoms with Crippen molar-refractivity contribution < 1.29 is 18.7 Å². The molecule has 27 heavy (non-hydrogen) atoms. The number of hydrogen-bond donors (Lipinski definition) is 3. The number of nitrogens with one attached hydrogen (secondary N) is 2. The van der Waals surface area contributed by atoms with Crippen molar-refractivity contribution in [2.45, 2.75) is 6.61 Å². The lowest BCUT2D eigenvalue weighted by atomic mass is 10.2. The Labute approximate surface area is 169 Å². The minimum Gasteiger partial charge on any atom is -0.493 e. The molecule has 0 aliphatic rings. The molecule has 2 aromatic carbocycles. The quantitative estimate of drug-likeness (QED) is 0.354. The van der Waals surface area contributed by atoms with Gasteiger partial charge in [0.05, 0.1) is 11.6 Å². The highest BCUT2D eigenvalue weighted by Gasteiger charge is 2.12. The van der Waals surface area contributed by atoms with Crippen LogP contribution in [0.1, 0.15) is 11.1 Å². The van der Waals surface area contributed by atoms with Gasteiger partial charge < -0.3 is 15.2 Å². The Balaban J connectivity index is 2.13. The first-order valence-electron chi connectivity index (χ1n) is 7.68. The summed E-state index contributed by atoms with van der Waals surface area (Å²) in [5.74, 6) is 0.0843. The number of methoxy groups -OCH3 is 1. The number of carbonyl (C=O) groups is 1. The lowest BCUT2D eigenvalue weighted by Crippen LogP contribution is -2.43. The van der Waals surface area contributed by atoms with E-state index in [1.165, 1.54) is 19.3 Å². The van der Waals surface area contributed by atoms with Gasteiger partial charge in [-0.3, -0.25) is 15.6 Å². The van der Waals surface area contributed by atoms with Crippen LogP contribution >= 0.6 is 28.1 Å². The highest BCUT2D eigenvalue weighted by molar-refractivity contribution is 9.10. The summed E-state index contributed by atoms with van der Waals surface area (Å²) in [6.07, 6.45) is 2.87. The van der Waals surface area contributed by atoms with Crippen molar-refractivity contribution in [3.8, 4) is 11.5 Å². The minimum absolute atomic E-state index is 0.0440. The summed E-state index contributed by atoms with van der Waals surface area (Å²) in [5.41, 5.74) is 11.0. The van der Waals surface area contributed by atoms with Gasteiger partial charge in [0.2, 0.25) is 0 Å². The van der Waals surface area contributed by atoms with Crippen molar-refractivity contribution in [2.24, 2.45) is 5.73 Å². The lowest BCUT2D eigenvalue weighted by Gasteiger charge is -2.14. The van der Waals surface area contributed by atoms with E-state index >= 15 is 0 Å². The standard InChI is InChI=1S/C18H17BrFN3O3S/c1-25-15-9-11(6-7-16(24)22-23-18(21)27)8-13(19)17(15)26-10-12-4-2-3-5-14(12)20/h2-9H,10H2,1H3,(H,22,24)(H3,21,23,27)/b7-6+. The Bertz CT molecular complexity index is 877. The first-order chi connectivity index (χ1) is 12.9. The molecule has 0 atom stereocenters. The van der Waals surface area contributed by atoms with Crippen LogP contribution in [0.15, 0.2) is 46.9 Å². The number of nitrogens with two attached hydrogens (primary N) is 1. The number of carbonyl (C=O) groups excluding carboxylic acids is 1. The summed E-state index contributed by atoms with van der Waals surface area (Å²) in [6, 6.07) is 9.79. The normalized spacial score (nSPS) is 10.5. The topological polar surface area (TPSA) is 85.6 Å². The molecule has 142 valence electrons. The summed E-state index contributed by atoms with van der Waals surface area (Å²) in [5, 5.41) is -0.0440. The smallest absolute Gasteiger partial charge is 0.262 e. The van der Waals surface area contributed by atoms with Crippen LogP contribution < -0.4 is 26.1 Å². The molecule has 0 saturated heterocycles. The van der Waals surface area contributed by atoms with Gasteiger partial charge in [-0.1, -0.05) is 18.2 Å². The number of ether oxygens (including phenoxy) is 2. The number of hydrazine groups is 1. The fourth-order valence-electron chi connectivity index (χ4n) is 2.08. The fraction of sp³-hybridized carbons (Fsp3) is 0.111. The second kappa shape index (κ2) is 9.89. The van der Waals surface area contributed by atoms with E-state index in [1.54, 1.807) is 36.4 Å². The van der Waals surface area contributed by atoms with Gasteiger partial charge >= 0.3 is 0 Å². The Hall–Kier alpha value is -2.65.